The van der Waals surface area contributed by atoms with E-state index in [1.165, 1.54) is 25.7 Å². The van der Waals surface area contributed by atoms with Gasteiger partial charge in [0.15, 0.2) is 0 Å². The van der Waals surface area contributed by atoms with Crippen molar-refractivity contribution in [2.75, 3.05) is 73.0 Å². The van der Waals surface area contributed by atoms with E-state index in [0.29, 0.717) is 34.0 Å². The summed E-state index contributed by atoms with van der Waals surface area (Å²) < 4.78 is 20.7. The zero-order chi connectivity index (χ0) is 42.2. The summed E-state index contributed by atoms with van der Waals surface area (Å²) in [7, 11) is 1.76. The Morgan fingerprint density at radius 2 is 1.05 bits per heavy atom. The molecule has 1 aliphatic carbocycles. The van der Waals surface area contributed by atoms with E-state index in [2.05, 4.69) is 75.3 Å². The van der Waals surface area contributed by atoms with Crippen LogP contribution in [0.1, 0.15) is 160 Å². The zero-order valence-corrected chi connectivity index (χ0v) is 37.7. The van der Waals surface area contributed by atoms with Gasteiger partial charge in [-0.1, -0.05) is 69.2 Å². The van der Waals surface area contributed by atoms with Crippen molar-refractivity contribution in [2.45, 2.75) is 160 Å². The molecular formula is C45H86N2O8. The zero-order valence-electron chi connectivity index (χ0n) is 37.7. The number of nitrogens with zero attached hydrogens (tertiary/aromatic N) is 2. The van der Waals surface area contributed by atoms with Crippen molar-refractivity contribution in [3.05, 3.63) is 0 Å². The molecule has 2 N–H and O–H groups in total. The second kappa shape index (κ2) is 27.0. The first kappa shape index (κ1) is 53.2. The van der Waals surface area contributed by atoms with Crippen LogP contribution < -0.4 is 0 Å². The van der Waals surface area contributed by atoms with Gasteiger partial charge < -0.3 is 29.2 Å². The highest BCUT2D eigenvalue weighted by Crippen LogP contribution is 2.39. The second-order valence-electron chi connectivity index (χ2n) is 20.2. The summed E-state index contributed by atoms with van der Waals surface area (Å²) in [6, 6.07) is 2.30. The summed E-state index contributed by atoms with van der Waals surface area (Å²) in [4.78, 5) is 22.8. The molecule has 0 aromatic carbocycles. The van der Waals surface area contributed by atoms with E-state index in [1.54, 1.807) is 7.11 Å². The minimum Gasteiger partial charge on any atom is -0.481 e. The number of nitriles is 1. The first-order valence-corrected chi connectivity index (χ1v) is 21.3. The van der Waals surface area contributed by atoms with Crippen LogP contribution in [-0.4, -0.2) is 100 Å². The second-order valence-corrected chi connectivity index (χ2v) is 20.2. The Morgan fingerprint density at radius 1 is 0.673 bits per heavy atom. The molecule has 0 aromatic heterocycles. The third kappa shape index (κ3) is 29.2. The van der Waals surface area contributed by atoms with Gasteiger partial charge in [-0.2, -0.15) is 5.26 Å². The van der Waals surface area contributed by atoms with Crippen LogP contribution in [0.2, 0.25) is 0 Å². The minimum absolute atomic E-state index is 0.0990. The number of hydrogen-bond acceptors (Lipinski definition) is 8. The lowest BCUT2D eigenvalue weighted by atomic mass is 9.72. The lowest BCUT2D eigenvalue weighted by Gasteiger charge is -2.35. The van der Waals surface area contributed by atoms with Crippen molar-refractivity contribution in [1.82, 2.24) is 4.90 Å². The van der Waals surface area contributed by atoms with Crippen molar-refractivity contribution in [3.8, 4) is 6.07 Å². The van der Waals surface area contributed by atoms with Gasteiger partial charge in [-0.3, -0.25) is 14.5 Å². The van der Waals surface area contributed by atoms with Crippen LogP contribution >= 0.6 is 0 Å². The average Bonchev–Trinajstić information content (AvgIpc) is 3.08. The first-order chi connectivity index (χ1) is 25.5. The van der Waals surface area contributed by atoms with Gasteiger partial charge >= 0.3 is 11.9 Å². The van der Waals surface area contributed by atoms with Crippen molar-refractivity contribution in [2.24, 2.45) is 38.9 Å². The van der Waals surface area contributed by atoms with Gasteiger partial charge in [-0.25, -0.2) is 0 Å². The smallest absolute Gasteiger partial charge is 0.317 e. The van der Waals surface area contributed by atoms with Crippen LogP contribution in [0.5, 0.6) is 0 Å². The molecule has 324 valence electrons. The maximum Gasteiger partial charge on any atom is 0.317 e. The fourth-order valence-corrected chi connectivity index (χ4v) is 6.63. The quantitative estimate of drug-likeness (QED) is 0.268. The lowest BCUT2D eigenvalue weighted by Crippen LogP contribution is -2.40. The molecule has 0 radical (unpaired) electrons. The maximum atomic E-state index is 10.4. The normalized spacial score (nSPS) is 23.6. The number of carbonyl (C=O) groups is 2. The molecule has 4 saturated heterocycles. The highest BCUT2D eigenvalue weighted by atomic mass is 16.5. The van der Waals surface area contributed by atoms with Gasteiger partial charge in [0, 0.05) is 53.2 Å². The third-order valence-electron chi connectivity index (χ3n) is 11.4. The fourth-order valence-electron chi connectivity index (χ4n) is 6.63. The molecule has 0 atom stereocenters. The molecule has 5 aliphatic rings. The van der Waals surface area contributed by atoms with E-state index in [9.17, 15) is 9.59 Å². The third-order valence-corrected chi connectivity index (χ3v) is 11.4. The van der Waals surface area contributed by atoms with E-state index in [4.69, 9.17) is 34.4 Å². The predicted molar refractivity (Wildman–Crippen MR) is 223 cm³/mol. The van der Waals surface area contributed by atoms with E-state index < -0.39 is 11.9 Å². The number of ether oxygens (including phenoxy) is 4. The molecule has 1 saturated carbocycles. The minimum atomic E-state index is -0.713. The van der Waals surface area contributed by atoms with E-state index >= 15 is 0 Å². The van der Waals surface area contributed by atoms with Gasteiger partial charge in [0.2, 0.25) is 0 Å². The molecule has 0 unspecified atom stereocenters. The summed E-state index contributed by atoms with van der Waals surface area (Å²) in [5.74, 6) is -0.0788. The molecular weight excluding hydrogens is 697 g/mol. The highest BCUT2D eigenvalue weighted by molar-refractivity contribution is 5.69. The summed E-state index contributed by atoms with van der Waals surface area (Å²) in [6.07, 6.45) is 13.7. The van der Waals surface area contributed by atoms with Gasteiger partial charge in [0.1, 0.15) is 0 Å². The molecule has 0 bridgehead atoms. The molecule has 55 heavy (non-hydrogen) atoms. The van der Waals surface area contributed by atoms with Gasteiger partial charge in [-0.15, -0.1) is 0 Å². The summed E-state index contributed by atoms with van der Waals surface area (Å²) in [5, 5.41) is 25.8. The number of aliphatic carboxylic acids is 2. The Hall–Kier alpha value is -1.77. The Morgan fingerprint density at radius 3 is 1.38 bits per heavy atom. The Labute approximate surface area is 337 Å². The number of carboxylic acid groups (broad SMARTS) is 2. The van der Waals surface area contributed by atoms with Crippen molar-refractivity contribution < 1.29 is 38.7 Å². The lowest BCUT2D eigenvalue weighted by molar-refractivity contribution is -0.139. The van der Waals surface area contributed by atoms with Crippen LogP contribution in [0.25, 0.3) is 0 Å². The summed E-state index contributed by atoms with van der Waals surface area (Å²) >= 11 is 0. The van der Waals surface area contributed by atoms with Crippen LogP contribution in [0.3, 0.4) is 0 Å². The molecule has 4 heterocycles. The highest BCUT2D eigenvalue weighted by Gasteiger charge is 2.29. The predicted octanol–water partition coefficient (Wildman–Crippen LogP) is 10.1. The van der Waals surface area contributed by atoms with Crippen molar-refractivity contribution >= 4 is 11.9 Å². The van der Waals surface area contributed by atoms with Gasteiger partial charge in [0.25, 0.3) is 0 Å². The van der Waals surface area contributed by atoms with Gasteiger partial charge in [-0.05, 0) is 131 Å². The number of hydrogen-bond donors (Lipinski definition) is 2. The Bertz CT molecular complexity index is 995. The molecule has 5 fully saturated rings. The van der Waals surface area contributed by atoms with Crippen LogP contribution in [0.4, 0.5) is 0 Å². The van der Waals surface area contributed by atoms with Crippen molar-refractivity contribution in [1.29, 1.82) is 5.26 Å². The van der Waals surface area contributed by atoms with Crippen LogP contribution in [-0.2, 0) is 28.5 Å². The standard InChI is InChI=1S/C10H18O2.C9H17NO2.C8H16O2.C7H11NO.C7H14O.C4H10/c1-10(2)5-3-8(4-6-10)7-9(11)12;1-9(2)3-5-10(6-4-9)7-8(11)12;1-8(7-9-2)3-5-10-6-4-8;1-7(6-8)2-4-9-5-3-7;1-7(2)3-5-8-6-4-7;1-4(2)3/h8H,3-7H2,1-2H3,(H,11,12);3-7H2,1-2H3,(H,11,12);3-7H2,1-2H3;2-5H2,1H3;3-6H2,1-2H3;4H,1-3H3. The first-order valence-electron chi connectivity index (χ1n) is 21.3. The Kier molecular flexibility index (Phi) is 26.1. The molecule has 10 heteroatoms. The van der Waals surface area contributed by atoms with Crippen molar-refractivity contribution in [3.63, 3.8) is 0 Å². The van der Waals surface area contributed by atoms with E-state index in [-0.39, 0.29) is 12.0 Å². The molecule has 0 amide bonds. The SMILES string of the molecule is CC(C)C.CC1(C#N)CCOCC1.CC1(C)CCC(CC(=O)O)CC1.CC1(C)CCN(CC(=O)O)CC1.CC1(C)CCOCC1.COCC1(C)CCOCC1. The van der Waals surface area contributed by atoms with Crippen LogP contribution in [0, 0.1) is 50.2 Å². The average molecular weight is 783 g/mol. The number of carboxylic acids is 2. The maximum absolute atomic E-state index is 10.4. The van der Waals surface area contributed by atoms with Crippen LogP contribution in [0.15, 0.2) is 0 Å². The number of likely N-dealkylation sites (tertiary alicyclic amines) is 1. The summed E-state index contributed by atoms with van der Waals surface area (Å²) in [5.41, 5.74) is 1.70. The molecule has 0 spiro atoms. The number of methoxy groups -OCH3 is 1. The van der Waals surface area contributed by atoms with E-state index in [0.717, 1.165) is 117 Å². The van der Waals surface area contributed by atoms with E-state index in [1.807, 2.05) is 11.8 Å². The number of piperidine rings is 1. The summed E-state index contributed by atoms with van der Waals surface area (Å²) in [6.45, 7) is 32.6. The molecule has 0 aromatic rings. The largest absolute Gasteiger partial charge is 0.481 e. The Balaban J connectivity index is 0.000000651. The molecule has 5 rings (SSSR count). The fraction of sp³-hybridized carbons (Fsp3) is 0.933. The van der Waals surface area contributed by atoms with Gasteiger partial charge in [0.05, 0.1) is 24.6 Å². The molecule has 4 aliphatic heterocycles. The topological polar surface area (TPSA) is 139 Å². The number of rotatable bonds is 6. The monoisotopic (exact) mass is 783 g/mol. The molecule has 10 nitrogen and oxygen atoms in total.